The highest BCUT2D eigenvalue weighted by molar-refractivity contribution is 5.98. The Morgan fingerprint density at radius 2 is 1.02 bits per heavy atom. The average molecular weight is 780 g/mol. The van der Waals surface area contributed by atoms with Gasteiger partial charge in [-0.1, -0.05) is 163 Å². The van der Waals surface area contributed by atoms with Gasteiger partial charge in [0.1, 0.15) is 11.6 Å². The molecule has 0 fully saturated rings. The van der Waals surface area contributed by atoms with Gasteiger partial charge in [0, 0.05) is 28.6 Å². The van der Waals surface area contributed by atoms with E-state index in [0.29, 0.717) is 11.4 Å². The second kappa shape index (κ2) is 15.3. The monoisotopic (exact) mass is 779 g/mol. The third-order valence-electron chi connectivity index (χ3n) is 11.5. The van der Waals surface area contributed by atoms with Crippen LogP contribution >= 0.6 is 0 Å². The Hall–Kier alpha value is -7.04. The van der Waals surface area contributed by atoms with Crippen LogP contribution in [-0.4, -0.2) is 19.6 Å². The third kappa shape index (κ3) is 7.42. The summed E-state index contributed by atoms with van der Waals surface area (Å²) in [5, 5.41) is 12.3. The van der Waals surface area contributed by atoms with Gasteiger partial charge in [0.15, 0.2) is 0 Å². The zero-order valence-electron chi connectivity index (χ0n) is 35.1. The van der Waals surface area contributed by atoms with Gasteiger partial charge in [0.05, 0.1) is 22.3 Å². The number of nitrogens with zero attached hydrogens (tertiary/aromatic N) is 3. The molecule has 60 heavy (non-hydrogen) atoms. The molecule has 9 rings (SSSR count). The molecule has 0 aliphatic carbocycles. The van der Waals surface area contributed by atoms with Crippen LogP contribution in [0.15, 0.2) is 182 Å². The number of pyridine rings is 1. The number of imidazole rings is 1. The van der Waals surface area contributed by atoms with E-state index >= 15 is 0 Å². The van der Waals surface area contributed by atoms with Gasteiger partial charge in [-0.15, -0.1) is 0 Å². The first-order valence-electron chi connectivity index (χ1n) is 20.7. The highest BCUT2D eigenvalue weighted by Crippen LogP contribution is 2.45. The summed E-state index contributed by atoms with van der Waals surface area (Å²) in [6.07, 6.45) is 1.90. The van der Waals surface area contributed by atoms with Crippen molar-refractivity contribution in [2.24, 2.45) is 0 Å². The molecule has 0 saturated heterocycles. The standard InChI is InChI=1S/C56H49N3O/c1-55(2,3)45-35-48(53(60)49(36-45)56(4,5)6)54-58-52-47(23-16-24-51(52)59(54)46-27-25-40(26-28-46)37-17-10-7-11-18-37)43-31-42(39-21-14-9-15-22-39)32-44(33-43)50-34-41(29-30-57-50)38-19-12-8-13-20-38/h7-36,60H,1-6H3. The van der Waals surface area contributed by atoms with E-state index in [2.05, 4.69) is 210 Å². The Balaban J connectivity index is 1.30. The van der Waals surface area contributed by atoms with Crippen molar-refractivity contribution in [1.82, 2.24) is 14.5 Å². The van der Waals surface area contributed by atoms with Gasteiger partial charge in [-0.2, -0.15) is 0 Å². The zero-order chi connectivity index (χ0) is 41.6. The summed E-state index contributed by atoms with van der Waals surface area (Å²) in [6.45, 7) is 13.1. The molecule has 294 valence electrons. The highest BCUT2D eigenvalue weighted by Gasteiger charge is 2.28. The molecule has 0 saturated carbocycles. The number of hydrogen-bond donors (Lipinski definition) is 1. The van der Waals surface area contributed by atoms with Gasteiger partial charge in [0.25, 0.3) is 0 Å². The van der Waals surface area contributed by atoms with Crippen molar-refractivity contribution in [3.05, 3.63) is 193 Å². The summed E-state index contributed by atoms with van der Waals surface area (Å²) < 4.78 is 2.22. The lowest BCUT2D eigenvalue weighted by atomic mass is 9.79. The number of aromatic nitrogens is 3. The smallest absolute Gasteiger partial charge is 0.149 e. The van der Waals surface area contributed by atoms with Gasteiger partial charge >= 0.3 is 0 Å². The lowest BCUT2D eigenvalue weighted by Crippen LogP contribution is -2.17. The second-order valence-corrected chi connectivity index (χ2v) is 17.7. The van der Waals surface area contributed by atoms with E-state index in [1.54, 1.807) is 0 Å². The SMILES string of the molecule is CC(C)(C)c1cc(-c2nc3c(-c4cc(-c5ccccc5)cc(-c5cc(-c6ccccc6)ccn5)c4)cccc3n2-c2ccc(-c3ccccc3)cc2)c(O)c(C(C)(C)C)c1. The molecule has 0 amide bonds. The number of para-hydroxylation sites is 1. The van der Waals surface area contributed by atoms with Crippen LogP contribution in [0.3, 0.4) is 0 Å². The van der Waals surface area contributed by atoms with Crippen LogP contribution in [0.2, 0.25) is 0 Å². The number of aromatic hydroxyl groups is 1. The molecule has 0 atom stereocenters. The van der Waals surface area contributed by atoms with E-state index in [1.807, 2.05) is 18.3 Å². The van der Waals surface area contributed by atoms with Crippen molar-refractivity contribution >= 4 is 11.0 Å². The number of phenols is 1. The number of hydrogen-bond acceptors (Lipinski definition) is 3. The van der Waals surface area contributed by atoms with Crippen molar-refractivity contribution < 1.29 is 5.11 Å². The molecule has 0 bridgehead atoms. The summed E-state index contributed by atoms with van der Waals surface area (Å²) in [5.41, 5.74) is 15.7. The van der Waals surface area contributed by atoms with Crippen LogP contribution in [-0.2, 0) is 10.8 Å². The van der Waals surface area contributed by atoms with Crippen LogP contribution in [0.5, 0.6) is 5.75 Å². The molecule has 0 aliphatic rings. The predicted molar refractivity (Wildman–Crippen MR) is 251 cm³/mol. The molecule has 2 heterocycles. The fraction of sp³-hybridized carbons (Fsp3) is 0.143. The molecule has 2 aromatic heterocycles. The Labute approximate surface area is 353 Å². The Morgan fingerprint density at radius 1 is 0.450 bits per heavy atom. The number of rotatable bonds is 7. The first kappa shape index (κ1) is 38.5. The lowest BCUT2D eigenvalue weighted by Gasteiger charge is -2.27. The fourth-order valence-electron chi connectivity index (χ4n) is 8.14. The molecule has 4 nitrogen and oxygen atoms in total. The molecular weight excluding hydrogens is 731 g/mol. The predicted octanol–water partition coefficient (Wildman–Crippen LogP) is 14.7. The molecule has 0 aliphatic heterocycles. The van der Waals surface area contributed by atoms with Gasteiger partial charge in [-0.05, 0) is 110 Å². The van der Waals surface area contributed by atoms with Gasteiger partial charge in [-0.25, -0.2) is 4.98 Å². The minimum atomic E-state index is -0.306. The van der Waals surface area contributed by atoms with Gasteiger partial charge in [0.2, 0.25) is 0 Å². The van der Waals surface area contributed by atoms with Crippen molar-refractivity contribution in [2.75, 3.05) is 0 Å². The van der Waals surface area contributed by atoms with E-state index in [9.17, 15) is 5.11 Å². The highest BCUT2D eigenvalue weighted by atomic mass is 16.3. The topological polar surface area (TPSA) is 50.9 Å². The molecule has 0 unspecified atom stereocenters. The summed E-state index contributed by atoms with van der Waals surface area (Å²) in [7, 11) is 0. The molecule has 0 spiro atoms. The maximum Gasteiger partial charge on any atom is 0.149 e. The summed E-state index contributed by atoms with van der Waals surface area (Å²) in [6, 6.07) is 61.8. The normalized spacial score (nSPS) is 11.9. The third-order valence-corrected chi connectivity index (χ3v) is 11.5. The maximum absolute atomic E-state index is 12.3. The molecule has 1 N–H and O–H groups in total. The Morgan fingerprint density at radius 3 is 1.63 bits per heavy atom. The van der Waals surface area contributed by atoms with Crippen molar-refractivity contribution in [3.8, 4) is 78.6 Å². The average Bonchev–Trinajstić information content (AvgIpc) is 3.66. The Bertz CT molecular complexity index is 2970. The first-order valence-corrected chi connectivity index (χ1v) is 20.7. The van der Waals surface area contributed by atoms with Crippen LogP contribution < -0.4 is 0 Å². The van der Waals surface area contributed by atoms with Crippen molar-refractivity contribution in [2.45, 2.75) is 52.4 Å². The maximum atomic E-state index is 12.3. The zero-order valence-corrected chi connectivity index (χ0v) is 35.1. The van der Waals surface area contributed by atoms with E-state index in [4.69, 9.17) is 9.97 Å². The summed E-state index contributed by atoms with van der Waals surface area (Å²) in [4.78, 5) is 10.5. The minimum Gasteiger partial charge on any atom is -0.507 e. The molecule has 9 aromatic rings. The van der Waals surface area contributed by atoms with E-state index in [1.165, 1.54) is 0 Å². The number of phenolic OH excluding ortho intramolecular Hbond substituents is 1. The second-order valence-electron chi connectivity index (χ2n) is 17.7. The quantitative estimate of drug-likeness (QED) is 0.175. The summed E-state index contributed by atoms with van der Waals surface area (Å²) in [5.74, 6) is 0.947. The minimum absolute atomic E-state index is 0.165. The molecule has 4 heteroatoms. The molecular formula is C56H49N3O. The van der Waals surface area contributed by atoms with Gasteiger partial charge in [-0.3, -0.25) is 9.55 Å². The Kier molecular flexibility index (Phi) is 9.80. The molecule has 0 radical (unpaired) electrons. The first-order chi connectivity index (χ1) is 28.9. The van der Waals surface area contributed by atoms with Crippen molar-refractivity contribution in [1.29, 1.82) is 0 Å². The van der Waals surface area contributed by atoms with Gasteiger partial charge < -0.3 is 5.11 Å². The van der Waals surface area contributed by atoms with Crippen LogP contribution in [0.4, 0.5) is 0 Å². The van der Waals surface area contributed by atoms with Crippen molar-refractivity contribution in [3.63, 3.8) is 0 Å². The summed E-state index contributed by atoms with van der Waals surface area (Å²) >= 11 is 0. The lowest BCUT2D eigenvalue weighted by molar-refractivity contribution is 0.446. The van der Waals surface area contributed by atoms with E-state index in [0.717, 1.165) is 83.6 Å². The number of benzene rings is 7. The molecule has 7 aromatic carbocycles. The number of fused-ring (bicyclic) bond motifs is 1. The van der Waals surface area contributed by atoms with Crippen LogP contribution in [0.1, 0.15) is 52.7 Å². The van der Waals surface area contributed by atoms with Crippen LogP contribution in [0, 0.1) is 0 Å². The van der Waals surface area contributed by atoms with E-state index in [-0.39, 0.29) is 16.6 Å². The van der Waals surface area contributed by atoms with E-state index < -0.39 is 0 Å². The largest absolute Gasteiger partial charge is 0.507 e. The fourth-order valence-corrected chi connectivity index (χ4v) is 8.14. The van der Waals surface area contributed by atoms with Crippen LogP contribution in [0.25, 0.3) is 83.9 Å².